The van der Waals surface area contributed by atoms with Gasteiger partial charge in [-0.3, -0.25) is 9.52 Å². The first-order valence-electron chi connectivity index (χ1n) is 8.46. The highest BCUT2D eigenvalue weighted by atomic mass is 32.2. The Bertz CT molecular complexity index is 1380. The maximum Gasteiger partial charge on any atom is 0.272 e. The normalized spacial score (nSPS) is 11.5. The summed E-state index contributed by atoms with van der Waals surface area (Å²) in [6.07, 6.45) is 1.49. The van der Waals surface area contributed by atoms with Gasteiger partial charge < -0.3 is 10.3 Å². The molecule has 4 rings (SSSR count). The predicted molar refractivity (Wildman–Crippen MR) is 112 cm³/mol. The minimum absolute atomic E-state index is 0.203. The molecule has 2 heterocycles. The van der Waals surface area contributed by atoms with Crippen molar-refractivity contribution in [3.8, 4) is 11.1 Å². The minimum atomic E-state index is -4.26. The largest absolute Gasteiger partial charge is 0.365 e. The smallest absolute Gasteiger partial charge is 0.272 e. The van der Waals surface area contributed by atoms with Gasteiger partial charge in [-0.15, -0.1) is 0 Å². The lowest BCUT2D eigenvalue weighted by molar-refractivity contribution is 0.570. The van der Waals surface area contributed by atoms with E-state index < -0.39 is 26.3 Å². The van der Waals surface area contributed by atoms with Crippen molar-refractivity contribution in [3.63, 3.8) is 0 Å². The van der Waals surface area contributed by atoms with E-state index >= 15 is 0 Å². The molecule has 0 bridgehead atoms. The van der Waals surface area contributed by atoms with Gasteiger partial charge in [0.15, 0.2) is 5.13 Å². The topological polar surface area (TPSA) is 104 Å². The van der Waals surface area contributed by atoms with Gasteiger partial charge in [0, 0.05) is 18.8 Å². The van der Waals surface area contributed by atoms with Gasteiger partial charge in [-0.2, -0.15) is 0 Å². The number of aromatic amines is 1. The van der Waals surface area contributed by atoms with Crippen molar-refractivity contribution >= 4 is 42.4 Å². The Morgan fingerprint density at radius 2 is 1.90 bits per heavy atom. The fraction of sp³-hybridized carbons (Fsp3) is 0.0526. The van der Waals surface area contributed by atoms with Crippen LogP contribution in [0.2, 0.25) is 0 Å². The van der Waals surface area contributed by atoms with Crippen LogP contribution >= 0.6 is 11.3 Å². The van der Waals surface area contributed by atoms with Crippen molar-refractivity contribution in [2.75, 3.05) is 17.1 Å². The molecule has 0 amide bonds. The monoisotopic (exact) mass is 430 g/mol. The fourth-order valence-electron chi connectivity index (χ4n) is 2.80. The first-order chi connectivity index (χ1) is 13.9. The molecule has 2 aromatic heterocycles. The van der Waals surface area contributed by atoms with Crippen molar-refractivity contribution in [2.24, 2.45) is 0 Å². The lowest BCUT2D eigenvalue weighted by Crippen LogP contribution is -2.21. The average Bonchev–Trinajstić information content (AvgIpc) is 3.12. The van der Waals surface area contributed by atoms with Crippen LogP contribution in [0.25, 0.3) is 21.3 Å². The summed E-state index contributed by atoms with van der Waals surface area (Å²) >= 11 is 1.48. The third-order valence-electron chi connectivity index (χ3n) is 4.21. The summed E-state index contributed by atoms with van der Waals surface area (Å²) in [6.45, 7) is 0. The van der Waals surface area contributed by atoms with Crippen molar-refractivity contribution in [3.05, 3.63) is 70.9 Å². The van der Waals surface area contributed by atoms with Gasteiger partial charge in [0.05, 0.1) is 10.2 Å². The summed E-state index contributed by atoms with van der Waals surface area (Å²) in [4.78, 5) is 18.6. The molecule has 0 saturated heterocycles. The Balaban J connectivity index is 1.73. The molecule has 10 heteroatoms. The number of rotatable bonds is 5. The maximum absolute atomic E-state index is 13.9. The van der Waals surface area contributed by atoms with Crippen molar-refractivity contribution in [1.82, 2.24) is 9.97 Å². The number of sulfonamides is 1. The molecule has 29 heavy (non-hydrogen) atoms. The second-order valence-corrected chi connectivity index (χ2v) is 8.80. The standard InChI is InChI=1S/C19H15FN4O3S2/c1-21-19-23-14-7-6-11(9-16(14)28-19)12-8-15(18(25)22-10-12)24-29(26,27)17-5-3-2-4-13(17)20/h2-10,24H,1H3,(H,21,23)(H,22,25). The number of nitrogens with one attached hydrogen (secondary N) is 3. The van der Waals surface area contributed by atoms with E-state index in [1.807, 2.05) is 18.2 Å². The fourth-order valence-corrected chi connectivity index (χ4v) is 4.79. The zero-order valence-electron chi connectivity index (χ0n) is 15.1. The van der Waals surface area contributed by atoms with E-state index in [1.54, 1.807) is 7.05 Å². The lowest BCUT2D eigenvalue weighted by Gasteiger charge is -2.09. The molecule has 0 aliphatic rings. The molecule has 0 saturated carbocycles. The molecule has 0 unspecified atom stereocenters. The van der Waals surface area contributed by atoms with Crippen molar-refractivity contribution in [2.45, 2.75) is 4.90 Å². The van der Waals surface area contributed by atoms with E-state index in [2.05, 4.69) is 20.0 Å². The van der Waals surface area contributed by atoms with Crippen LogP contribution in [-0.2, 0) is 10.0 Å². The molecule has 0 fully saturated rings. The number of aromatic nitrogens is 2. The summed E-state index contributed by atoms with van der Waals surface area (Å²) in [5, 5.41) is 3.77. The molecule has 2 aromatic carbocycles. The molecule has 148 valence electrons. The van der Waals surface area contributed by atoms with Crippen LogP contribution in [0.15, 0.2) is 64.4 Å². The van der Waals surface area contributed by atoms with Crippen molar-refractivity contribution in [1.29, 1.82) is 0 Å². The number of fused-ring (bicyclic) bond motifs is 1. The quantitative estimate of drug-likeness (QED) is 0.449. The van der Waals surface area contributed by atoms with Crippen LogP contribution < -0.4 is 15.6 Å². The van der Waals surface area contributed by atoms with E-state index in [1.165, 1.54) is 35.7 Å². The number of pyridine rings is 1. The Hall–Kier alpha value is -3.24. The van der Waals surface area contributed by atoms with E-state index in [0.29, 0.717) is 5.56 Å². The average molecular weight is 430 g/mol. The number of hydrogen-bond acceptors (Lipinski definition) is 6. The number of benzene rings is 2. The van der Waals surface area contributed by atoms with E-state index in [0.717, 1.165) is 33.0 Å². The summed E-state index contributed by atoms with van der Waals surface area (Å²) in [6, 6.07) is 11.9. The van der Waals surface area contributed by atoms with Gasteiger partial charge in [-0.05, 0) is 35.9 Å². The zero-order chi connectivity index (χ0) is 20.6. The van der Waals surface area contributed by atoms with Gasteiger partial charge in [0.1, 0.15) is 16.4 Å². The van der Waals surface area contributed by atoms with Gasteiger partial charge in [-0.1, -0.05) is 29.5 Å². The highest BCUT2D eigenvalue weighted by molar-refractivity contribution is 7.92. The second kappa shape index (κ2) is 7.30. The molecule has 4 aromatic rings. The van der Waals surface area contributed by atoms with Gasteiger partial charge >= 0.3 is 0 Å². The Morgan fingerprint density at radius 3 is 2.66 bits per heavy atom. The minimum Gasteiger partial charge on any atom is -0.365 e. The van der Waals surface area contributed by atoms with Crippen LogP contribution in [0, 0.1) is 5.82 Å². The molecular weight excluding hydrogens is 415 g/mol. The number of H-pyrrole nitrogens is 1. The third kappa shape index (κ3) is 3.71. The maximum atomic E-state index is 13.9. The number of thiazole rings is 1. The first kappa shape index (κ1) is 19.1. The lowest BCUT2D eigenvalue weighted by atomic mass is 10.1. The number of anilines is 2. The van der Waals surface area contributed by atoms with E-state index in [4.69, 9.17) is 0 Å². The van der Waals surface area contributed by atoms with E-state index in [-0.39, 0.29) is 5.69 Å². The second-order valence-electron chi connectivity index (χ2n) is 6.12. The summed E-state index contributed by atoms with van der Waals surface area (Å²) in [5.74, 6) is -0.899. The van der Waals surface area contributed by atoms with Crippen LogP contribution in [-0.4, -0.2) is 25.4 Å². The summed E-state index contributed by atoms with van der Waals surface area (Å²) < 4.78 is 42.0. The third-order valence-corrected chi connectivity index (χ3v) is 6.64. The molecule has 7 nitrogen and oxygen atoms in total. The van der Waals surface area contributed by atoms with Crippen molar-refractivity contribution < 1.29 is 12.8 Å². The number of hydrogen-bond donors (Lipinski definition) is 3. The SMILES string of the molecule is CNc1nc2ccc(-c3c[nH]c(=O)c(NS(=O)(=O)c4ccccc4F)c3)cc2s1. The molecule has 0 aliphatic carbocycles. The highest BCUT2D eigenvalue weighted by Gasteiger charge is 2.20. The van der Waals surface area contributed by atoms with Crippen LogP contribution in [0.1, 0.15) is 0 Å². The Kier molecular flexibility index (Phi) is 4.81. The molecule has 0 atom stereocenters. The zero-order valence-corrected chi connectivity index (χ0v) is 16.7. The molecule has 0 radical (unpaired) electrons. The highest BCUT2D eigenvalue weighted by Crippen LogP contribution is 2.30. The van der Waals surface area contributed by atoms with Gasteiger partial charge in [0.2, 0.25) is 0 Å². The summed E-state index contributed by atoms with van der Waals surface area (Å²) in [5.41, 5.74) is 1.35. The van der Waals surface area contributed by atoms with Gasteiger partial charge in [-0.25, -0.2) is 17.8 Å². The van der Waals surface area contributed by atoms with E-state index in [9.17, 15) is 17.6 Å². The number of nitrogens with zero attached hydrogens (tertiary/aromatic N) is 1. The molecular formula is C19H15FN4O3S2. The molecule has 3 N–H and O–H groups in total. The summed E-state index contributed by atoms with van der Waals surface area (Å²) in [7, 11) is -2.48. The molecule has 0 spiro atoms. The van der Waals surface area contributed by atoms with Crippen LogP contribution in [0.5, 0.6) is 0 Å². The first-order valence-corrected chi connectivity index (χ1v) is 10.8. The number of halogens is 1. The van der Waals surface area contributed by atoms with Crippen LogP contribution in [0.4, 0.5) is 15.2 Å². The Labute approximate surface area is 169 Å². The molecule has 0 aliphatic heterocycles. The Morgan fingerprint density at radius 1 is 1.10 bits per heavy atom. The van der Waals surface area contributed by atoms with Crippen LogP contribution in [0.3, 0.4) is 0 Å². The van der Waals surface area contributed by atoms with Gasteiger partial charge in [0.25, 0.3) is 15.6 Å². The predicted octanol–water partition coefficient (Wildman–Crippen LogP) is 3.63.